The monoisotopic (exact) mass is 302 g/mol. The van der Waals surface area contributed by atoms with Crippen molar-refractivity contribution in [2.45, 2.75) is 45.5 Å². The van der Waals surface area contributed by atoms with Gasteiger partial charge >= 0.3 is 0 Å². The molecule has 0 saturated carbocycles. The molecule has 0 N–H and O–H groups in total. The van der Waals surface area contributed by atoms with E-state index in [4.69, 9.17) is 0 Å². The highest BCUT2D eigenvalue weighted by molar-refractivity contribution is 5.77. The van der Waals surface area contributed by atoms with E-state index in [9.17, 15) is 18.0 Å². The fourth-order valence-corrected chi connectivity index (χ4v) is 2.05. The third-order valence-corrected chi connectivity index (χ3v) is 3.23. The summed E-state index contributed by atoms with van der Waals surface area (Å²) in [6.07, 6.45) is 0.796. The summed E-state index contributed by atoms with van der Waals surface area (Å²) in [5.74, 6) is -3.56. The van der Waals surface area contributed by atoms with Crippen LogP contribution in [0.25, 0.3) is 0 Å². The topological polar surface area (TPSA) is 33.2 Å². The second kappa shape index (κ2) is 7.43. The first kappa shape index (κ1) is 17.5. The Morgan fingerprint density at radius 3 is 2.57 bits per heavy atom. The Morgan fingerprint density at radius 1 is 1.43 bits per heavy atom. The van der Waals surface area contributed by atoms with Gasteiger partial charge < -0.3 is 4.90 Å². The summed E-state index contributed by atoms with van der Waals surface area (Å²) in [6, 6.07) is 3.04. The molecule has 0 bridgehead atoms. The van der Waals surface area contributed by atoms with Crippen LogP contribution in [0.3, 0.4) is 0 Å². The van der Waals surface area contributed by atoms with Gasteiger partial charge in [0.15, 0.2) is 0 Å². The van der Waals surface area contributed by atoms with Gasteiger partial charge in [0.2, 0.25) is 17.8 Å². The van der Waals surface area contributed by atoms with Crippen molar-refractivity contribution >= 4 is 5.91 Å². The van der Waals surface area contributed by atoms with Crippen molar-refractivity contribution in [1.29, 1.82) is 0 Å². The molecule has 1 aliphatic rings. The normalized spacial score (nSPS) is 15.0. The number of hydrogen-bond donors (Lipinski definition) is 0. The van der Waals surface area contributed by atoms with Crippen LogP contribution in [0.1, 0.15) is 45.1 Å². The lowest BCUT2D eigenvalue weighted by Crippen LogP contribution is -2.48. The molecule has 1 fully saturated rings. The van der Waals surface area contributed by atoms with E-state index in [2.05, 4.69) is 4.98 Å². The van der Waals surface area contributed by atoms with Gasteiger partial charge in [0.1, 0.15) is 0 Å². The zero-order valence-electron chi connectivity index (χ0n) is 12.6. The van der Waals surface area contributed by atoms with Gasteiger partial charge in [-0.15, -0.1) is 0 Å². The Hall–Kier alpha value is -1.59. The molecule has 2 heterocycles. The summed E-state index contributed by atoms with van der Waals surface area (Å²) in [5.41, 5.74) is 0.789. The standard InChI is InChI=1S/C13H15F3N2O.C2H6/c1-13(15,16)4-2-12(19)18-7-10(8-18)9-3-5-17-11(14)6-9;1-2/h3,5-6,10H,2,4,7-8H2,1H3;1-2H3. The predicted molar refractivity (Wildman–Crippen MR) is 74.7 cm³/mol. The molecular formula is C15H21F3N2O. The largest absolute Gasteiger partial charge is 0.341 e. The lowest BCUT2D eigenvalue weighted by molar-refractivity contribution is -0.137. The molecule has 2 rings (SSSR count). The molecule has 1 aromatic rings. The number of aromatic nitrogens is 1. The molecule has 3 nitrogen and oxygen atoms in total. The van der Waals surface area contributed by atoms with E-state index in [0.29, 0.717) is 13.1 Å². The van der Waals surface area contributed by atoms with E-state index < -0.39 is 18.3 Å². The van der Waals surface area contributed by atoms with Crippen LogP contribution in [0.4, 0.5) is 13.2 Å². The van der Waals surface area contributed by atoms with E-state index in [-0.39, 0.29) is 18.2 Å². The minimum Gasteiger partial charge on any atom is -0.341 e. The maximum Gasteiger partial charge on any atom is 0.245 e. The highest BCUT2D eigenvalue weighted by atomic mass is 19.3. The number of halogens is 3. The molecule has 118 valence electrons. The number of hydrogen-bond acceptors (Lipinski definition) is 2. The van der Waals surface area contributed by atoms with Gasteiger partial charge in [0.25, 0.3) is 0 Å². The van der Waals surface area contributed by atoms with Crippen LogP contribution in [0.5, 0.6) is 0 Å². The van der Waals surface area contributed by atoms with E-state index in [1.165, 1.54) is 17.2 Å². The third kappa shape index (κ3) is 5.36. The maximum atomic E-state index is 12.9. The zero-order valence-corrected chi connectivity index (χ0v) is 12.6. The van der Waals surface area contributed by atoms with Gasteiger partial charge in [-0.3, -0.25) is 4.79 Å². The highest BCUT2D eigenvalue weighted by Crippen LogP contribution is 2.28. The summed E-state index contributed by atoms with van der Waals surface area (Å²) in [4.78, 5) is 16.6. The molecule has 0 unspecified atom stereocenters. The Balaban J connectivity index is 0.00000106. The Kier molecular flexibility index (Phi) is 6.18. The van der Waals surface area contributed by atoms with Gasteiger partial charge in [0, 0.05) is 38.0 Å². The van der Waals surface area contributed by atoms with Crippen LogP contribution in [0.15, 0.2) is 18.3 Å². The van der Waals surface area contributed by atoms with Crippen molar-refractivity contribution in [3.05, 3.63) is 29.8 Å². The predicted octanol–water partition coefficient (Wildman–Crippen LogP) is 3.61. The van der Waals surface area contributed by atoms with Crippen molar-refractivity contribution in [3.63, 3.8) is 0 Å². The number of alkyl halides is 2. The van der Waals surface area contributed by atoms with Crippen LogP contribution in [-0.4, -0.2) is 34.8 Å². The van der Waals surface area contributed by atoms with Crippen LogP contribution >= 0.6 is 0 Å². The Labute approximate surface area is 123 Å². The molecule has 0 radical (unpaired) electrons. The van der Waals surface area contributed by atoms with Gasteiger partial charge in [-0.05, 0) is 24.6 Å². The number of rotatable bonds is 4. The summed E-state index contributed by atoms with van der Waals surface area (Å²) < 4.78 is 38.2. The summed E-state index contributed by atoms with van der Waals surface area (Å²) >= 11 is 0. The molecule has 1 saturated heterocycles. The van der Waals surface area contributed by atoms with Crippen molar-refractivity contribution in [2.75, 3.05) is 13.1 Å². The van der Waals surface area contributed by atoms with Gasteiger partial charge in [-0.1, -0.05) is 13.8 Å². The van der Waals surface area contributed by atoms with Gasteiger partial charge in [-0.2, -0.15) is 4.39 Å². The molecular weight excluding hydrogens is 281 g/mol. The second-order valence-electron chi connectivity index (χ2n) is 4.98. The first-order valence-electron chi connectivity index (χ1n) is 7.12. The smallest absolute Gasteiger partial charge is 0.245 e. The maximum absolute atomic E-state index is 12.9. The minimum absolute atomic E-state index is 0.0728. The molecule has 6 heteroatoms. The molecule has 0 aromatic carbocycles. The van der Waals surface area contributed by atoms with Crippen molar-refractivity contribution in [2.24, 2.45) is 0 Å². The lowest BCUT2D eigenvalue weighted by atomic mass is 9.91. The van der Waals surface area contributed by atoms with E-state index in [0.717, 1.165) is 12.5 Å². The van der Waals surface area contributed by atoms with Gasteiger partial charge in [0.05, 0.1) is 0 Å². The summed E-state index contributed by atoms with van der Waals surface area (Å²) in [5, 5.41) is 0. The fourth-order valence-electron chi connectivity index (χ4n) is 2.05. The molecule has 0 aliphatic carbocycles. The second-order valence-corrected chi connectivity index (χ2v) is 4.98. The number of nitrogens with zero attached hydrogens (tertiary/aromatic N) is 2. The minimum atomic E-state index is -2.81. The number of carbonyl (C=O) groups excluding carboxylic acids is 1. The Bertz CT molecular complexity index is 468. The van der Waals surface area contributed by atoms with Crippen molar-refractivity contribution < 1.29 is 18.0 Å². The SMILES string of the molecule is CC.CC(F)(F)CCC(=O)N1CC(c2ccnc(F)c2)C1. The number of carbonyl (C=O) groups is 1. The first-order chi connectivity index (χ1) is 9.85. The Morgan fingerprint density at radius 2 is 2.05 bits per heavy atom. The van der Waals surface area contributed by atoms with Crippen molar-refractivity contribution in [3.8, 4) is 0 Å². The van der Waals surface area contributed by atoms with E-state index >= 15 is 0 Å². The number of likely N-dealkylation sites (tertiary alicyclic amines) is 1. The van der Waals surface area contributed by atoms with E-state index in [1.807, 2.05) is 13.8 Å². The number of pyridine rings is 1. The zero-order chi connectivity index (χ0) is 16.0. The third-order valence-electron chi connectivity index (χ3n) is 3.23. The number of amides is 1. The average molecular weight is 302 g/mol. The van der Waals surface area contributed by atoms with Crippen molar-refractivity contribution in [1.82, 2.24) is 9.88 Å². The molecule has 0 spiro atoms. The van der Waals surface area contributed by atoms with Crippen LogP contribution in [-0.2, 0) is 4.79 Å². The quantitative estimate of drug-likeness (QED) is 0.796. The average Bonchev–Trinajstić information content (AvgIpc) is 2.36. The highest BCUT2D eigenvalue weighted by Gasteiger charge is 2.33. The first-order valence-corrected chi connectivity index (χ1v) is 7.12. The van der Waals surface area contributed by atoms with Crippen LogP contribution in [0, 0.1) is 5.95 Å². The molecule has 1 amide bonds. The fraction of sp³-hybridized carbons (Fsp3) is 0.600. The van der Waals surface area contributed by atoms with E-state index in [1.54, 1.807) is 6.07 Å². The van der Waals surface area contributed by atoms with Crippen LogP contribution < -0.4 is 0 Å². The molecule has 21 heavy (non-hydrogen) atoms. The summed E-state index contributed by atoms with van der Waals surface area (Å²) in [7, 11) is 0. The molecule has 1 aliphatic heterocycles. The van der Waals surface area contributed by atoms with Crippen LogP contribution in [0.2, 0.25) is 0 Å². The molecule has 1 aromatic heterocycles. The molecule has 0 atom stereocenters. The lowest BCUT2D eigenvalue weighted by Gasteiger charge is -2.39. The summed E-state index contributed by atoms with van der Waals surface area (Å²) in [6.45, 7) is 5.72. The van der Waals surface area contributed by atoms with Gasteiger partial charge in [-0.25, -0.2) is 13.8 Å².